The third kappa shape index (κ3) is 3.28. The smallest absolute Gasteiger partial charge is 0.253 e. The van der Waals surface area contributed by atoms with E-state index in [0.29, 0.717) is 23.0 Å². The average molecular weight is 281 g/mol. The molecule has 0 radical (unpaired) electrons. The molecule has 2 N–H and O–H groups in total. The highest BCUT2D eigenvalue weighted by molar-refractivity contribution is 6.30. The van der Waals surface area contributed by atoms with Crippen LogP contribution in [0.1, 0.15) is 36.0 Å². The van der Waals surface area contributed by atoms with E-state index in [4.69, 9.17) is 17.3 Å². The summed E-state index contributed by atoms with van der Waals surface area (Å²) in [6.45, 7) is 0.651. The van der Waals surface area contributed by atoms with Crippen molar-refractivity contribution in [3.05, 3.63) is 34.9 Å². The maximum Gasteiger partial charge on any atom is 0.253 e. The molecule has 1 saturated carbocycles. The van der Waals surface area contributed by atoms with Crippen molar-refractivity contribution in [2.24, 2.45) is 11.7 Å². The lowest BCUT2D eigenvalue weighted by Gasteiger charge is -2.37. The summed E-state index contributed by atoms with van der Waals surface area (Å²) in [6, 6.07) is 7.38. The molecule has 1 aliphatic rings. The minimum Gasteiger partial charge on any atom is -0.338 e. The average Bonchev–Trinajstić information content (AvgIpc) is 2.45. The van der Waals surface area contributed by atoms with Crippen molar-refractivity contribution in [2.75, 3.05) is 13.6 Å². The van der Waals surface area contributed by atoms with Gasteiger partial charge in [0.1, 0.15) is 0 Å². The molecule has 0 saturated heterocycles. The SMILES string of the molecule is CN(C(=O)c1cccc(Cl)c1)C1CCCCC1CN. The zero-order chi connectivity index (χ0) is 13.8. The van der Waals surface area contributed by atoms with Gasteiger partial charge in [0, 0.05) is 23.7 Å². The van der Waals surface area contributed by atoms with Gasteiger partial charge in [-0.1, -0.05) is 30.5 Å². The molecule has 0 aromatic heterocycles. The highest BCUT2D eigenvalue weighted by Gasteiger charge is 2.30. The summed E-state index contributed by atoms with van der Waals surface area (Å²) in [5.74, 6) is 0.453. The fourth-order valence-corrected chi connectivity index (χ4v) is 3.14. The minimum atomic E-state index is 0.0350. The predicted octanol–water partition coefficient (Wildman–Crippen LogP) is 2.93. The van der Waals surface area contributed by atoms with E-state index in [1.165, 1.54) is 12.8 Å². The number of nitrogens with two attached hydrogens (primary N) is 1. The molecule has 1 aromatic carbocycles. The van der Waals surface area contributed by atoms with Gasteiger partial charge in [0.15, 0.2) is 0 Å². The summed E-state index contributed by atoms with van der Waals surface area (Å²) >= 11 is 5.94. The van der Waals surface area contributed by atoms with Gasteiger partial charge >= 0.3 is 0 Å². The van der Waals surface area contributed by atoms with Gasteiger partial charge in [-0.2, -0.15) is 0 Å². The molecule has 4 heteroatoms. The van der Waals surface area contributed by atoms with Crippen LogP contribution in [0.2, 0.25) is 5.02 Å². The van der Waals surface area contributed by atoms with Gasteiger partial charge < -0.3 is 10.6 Å². The Kier molecular flexibility index (Phi) is 4.83. The number of hydrogen-bond acceptors (Lipinski definition) is 2. The van der Waals surface area contributed by atoms with Crippen molar-refractivity contribution < 1.29 is 4.79 Å². The Morgan fingerprint density at radius 1 is 1.42 bits per heavy atom. The molecule has 104 valence electrons. The lowest BCUT2D eigenvalue weighted by atomic mass is 9.83. The van der Waals surface area contributed by atoms with Crippen LogP contribution in [0.15, 0.2) is 24.3 Å². The van der Waals surface area contributed by atoms with Crippen LogP contribution in [0.4, 0.5) is 0 Å². The molecule has 0 aliphatic heterocycles. The van der Waals surface area contributed by atoms with Crippen LogP contribution in [0.3, 0.4) is 0 Å². The Morgan fingerprint density at radius 3 is 2.84 bits per heavy atom. The number of amides is 1. The Labute approximate surface area is 119 Å². The summed E-state index contributed by atoms with van der Waals surface area (Å²) in [7, 11) is 1.88. The van der Waals surface area contributed by atoms with E-state index in [-0.39, 0.29) is 11.9 Å². The van der Waals surface area contributed by atoms with Crippen molar-refractivity contribution in [3.8, 4) is 0 Å². The molecule has 19 heavy (non-hydrogen) atoms. The number of carbonyl (C=O) groups is 1. The van der Waals surface area contributed by atoms with Crippen LogP contribution >= 0.6 is 11.6 Å². The number of benzene rings is 1. The molecule has 2 rings (SSSR count). The summed E-state index contributed by atoms with van der Waals surface area (Å²) in [5, 5.41) is 0.596. The molecular formula is C15H21ClN2O. The summed E-state index contributed by atoms with van der Waals surface area (Å²) in [5.41, 5.74) is 6.48. The zero-order valence-electron chi connectivity index (χ0n) is 11.3. The topological polar surface area (TPSA) is 46.3 Å². The van der Waals surface area contributed by atoms with Crippen LogP contribution in [0.25, 0.3) is 0 Å². The first-order chi connectivity index (χ1) is 9.13. The predicted molar refractivity (Wildman–Crippen MR) is 78.3 cm³/mol. The number of carbonyl (C=O) groups excluding carboxylic acids is 1. The summed E-state index contributed by atoms with van der Waals surface area (Å²) in [6.07, 6.45) is 4.56. The lowest BCUT2D eigenvalue weighted by molar-refractivity contribution is 0.0620. The summed E-state index contributed by atoms with van der Waals surface area (Å²) < 4.78 is 0. The van der Waals surface area contributed by atoms with Crippen LogP contribution in [0, 0.1) is 5.92 Å². The molecule has 2 unspecified atom stereocenters. The molecule has 3 nitrogen and oxygen atoms in total. The van der Waals surface area contributed by atoms with Crippen LogP contribution < -0.4 is 5.73 Å². The Hall–Kier alpha value is -1.06. The van der Waals surface area contributed by atoms with Gasteiger partial charge in [0.05, 0.1) is 0 Å². The molecule has 1 aromatic rings. The second-order valence-electron chi connectivity index (χ2n) is 5.27. The van der Waals surface area contributed by atoms with Gasteiger partial charge in [-0.25, -0.2) is 0 Å². The highest BCUT2D eigenvalue weighted by atomic mass is 35.5. The standard InChI is InChI=1S/C15H21ClN2O/c1-18(14-8-3-2-5-12(14)10-17)15(19)11-6-4-7-13(16)9-11/h4,6-7,9,12,14H,2-3,5,8,10,17H2,1H3. The first-order valence-electron chi connectivity index (χ1n) is 6.86. The van der Waals surface area contributed by atoms with Crippen molar-refractivity contribution >= 4 is 17.5 Å². The first-order valence-corrected chi connectivity index (χ1v) is 7.24. The van der Waals surface area contributed by atoms with Crippen molar-refractivity contribution in [2.45, 2.75) is 31.7 Å². The number of nitrogens with zero attached hydrogens (tertiary/aromatic N) is 1. The van der Waals surface area contributed by atoms with E-state index in [9.17, 15) is 4.79 Å². The minimum absolute atomic E-state index is 0.0350. The van der Waals surface area contributed by atoms with Gasteiger partial charge in [-0.3, -0.25) is 4.79 Å². The molecule has 0 spiro atoms. The highest BCUT2D eigenvalue weighted by Crippen LogP contribution is 2.28. The van der Waals surface area contributed by atoms with Crippen LogP contribution in [-0.2, 0) is 0 Å². The molecule has 2 atom stereocenters. The maximum atomic E-state index is 12.5. The van der Waals surface area contributed by atoms with Gasteiger partial charge in [0.25, 0.3) is 5.91 Å². The Morgan fingerprint density at radius 2 is 2.16 bits per heavy atom. The lowest BCUT2D eigenvalue weighted by Crippen LogP contribution is -2.45. The first kappa shape index (κ1) is 14.4. The van der Waals surface area contributed by atoms with Crippen molar-refractivity contribution in [3.63, 3.8) is 0 Å². The van der Waals surface area contributed by atoms with Crippen LogP contribution in [0.5, 0.6) is 0 Å². The van der Waals surface area contributed by atoms with E-state index in [0.717, 1.165) is 12.8 Å². The molecular weight excluding hydrogens is 260 g/mol. The zero-order valence-corrected chi connectivity index (χ0v) is 12.1. The van der Waals surface area contributed by atoms with E-state index in [1.807, 2.05) is 24.1 Å². The monoisotopic (exact) mass is 280 g/mol. The number of rotatable bonds is 3. The normalized spacial score (nSPS) is 23.1. The molecule has 0 heterocycles. The maximum absolute atomic E-state index is 12.5. The Balaban J connectivity index is 2.13. The second kappa shape index (κ2) is 6.40. The Bertz CT molecular complexity index is 450. The quantitative estimate of drug-likeness (QED) is 0.925. The molecule has 1 fully saturated rings. The third-order valence-electron chi connectivity index (χ3n) is 4.06. The largest absolute Gasteiger partial charge is 0.338 e. The summed E-state index contributed by atoms with van der Waals surface area (Å²) in [4.78, 5) is 14.3. The van der Waals surface area contributed by atoms with E-state index in [2.05, 4.69) is 0 Å². The van der Waals surface area contributed by atoms with Gasteiger partial charge in [-0.05, 0) is 43.5 Å². The molecule has 1 amide bonds. The fourth-order valence-electron chi connectivity index (χ4n) is 2.95. The van der Waals surface area contributed by atoms with Crippen molar-refractivity contribution in [1.82, 2.24) is 4.90 Å². The molecule has 1 aliphatic carbocycles. The van der Waals surface area contributed by atoms with E-state index in [1.54, 1.807) is 12.1 Å². The van der Waals surface area contributed by atoms with E-state index < -0.39 is 0 Å². The number of hydrogen-bond donors (Lipinski definition) is 1. The number of halogens is 1. The van der Waals surface area contributed by atoms with Gasteiger partial charge in [0.2, 0.25) is 0 Å². The second-order valence-corrected chi connectivity index (χ2v) is 5.71. The fraction of sp³-hybridized carbons (Fsp3) is 0.533. The third-order valence-corrected chi connectivity index (χ3v) is 4.30. The van der Waals surface area contributed by atoms with Crippen molar-refractivity contribution in [1.29, 1.82) is 0 Å². The van der Waals surface area contributed by atoms with Gasteiger partial charge in [-0.15, -0.1) is 0 Å². The molecule has 0 bridgehead atoms. The van der Waals surface area contributed by atoms with Crippen LogP contribution in [-0.4, -0.2) is 30.4 Å². The van der Waals surface area contributed by atoms with E-state index >= 15 is 0 Å².